The monoisotopic (exact) mass is 553 g/mol. The van der Waals surface area contributed by atoms with E-state index in [0.717, 1.165) is 21.2 Å². The van der Waals surface area contributed by atoms with Crippen LogP contribution in [0.5, 0.6) is 11.5 Å². The van der Waals surface area contributed by atoms with Crippen molar-refractivity contribution < 1.29 is 19.8 Å². The second-order valence-corrected chi connectivity index (χ2v) is 11.1. The minimum absolute atomic E-state index is 0.0423. The van der Waals surface area contributed by atoms with Crippen molar-refractivity contribution in [3.05, 3.63) is 113 Å². The molecule has 4 aromatic carbocycles. The number of benzene rings is 4. The Morgan fingerprint density at radius 1 is 0.821 bits per heavy atom. The van der Waals surface area contributed by atoms with Crippen LogP contribution in [0.15, 0.2) is 112 Å². The maximum atomic E-state index is 13.7. The van der Waals surface area contributed by atoms with Gasteiger partial charge in [0.1, 0.15) is 16.9 Å². The molecule has 4 aromatic rings. The lowest BCUT2D eigenvalue weighted by atomic mass is 10.2. The molecule has 1 unspecified atom stereocenters. The molecular weight excluding hydrogens is 530 g/mol. The number of nitrogens with zero attached hydrogens (tertiary/aromatic N) is 2. The second-order valence-electron chi connectivity index (χ2n) is 8.87. The zero-order valence-corrected chi connectivity index (χ0v) is 22.2. The van der Waals surface area contributed by atoms with Crippen LogP contribution in [0.25, 0.3) is 6.08 Å². The molecule has 1 atom stereocenters. The minimum Gasteiger partial charge on any atom is -0.508 e. The number of nitrogens with one attached hydrogen (secondary N) is 1. The molecule has 2 heterocycles. The predicted octanol–water partition coefficient (Wildman–Crippen LogP) is 6.05. The number of thioether (sulfide) groups is 1. The van der Waals surface area contributed by atoms with Crippen LogP contribution in [-0.2, 0) is 9.59 Å². The number of phenols is 2. The highest BCUT2D eigenvalue weighted by Gasteiger charge is 2.39. The number of hydrazine groups is 1. The van der Waals surface area contributed by atoms with Crippen molar-refractivity contribution in [3.8, 4) is 11.5 Å². The summed E-state index contributed by atoms with van der Waals surface area (Å²) in [5, 5.41) is 21.6. The van der Waals surface area contributed by atoms with E-state index < -0.39 is 5.37 Å². The van der Waals surface area contributed by atoms with Gasteiger partial charge in [0.2, 0.25) is 5.91 Å². The fourth-order valence-electron chi connectivity index (χ4n) is 4.55. The first kappa shape index (κ1) is 25.1. The summed E-state index contributed by atoms with van der Waals surface area (Å²) in [5.74, 6) is -0.499. The summed E-state index contributed by atoms with van der Waals surface area (Å²) < 4.78 is 0. The summed E-state index contributed by atoms with van der Waals surface area (Å²) in [6.07, 6.45) is 1.62. The molecule has 194 valence electrons. The third-order valence-electron chi connectivity index (χ3n) is 6.41. The smallest absolute Gasteiger partial charge is 0.275 e. The number of carbonyl (C=O) groups is 2. The van der Waals surface area contributed by atoms with Gasteiger partial charge in [-0.25, -0.2) is 5.43 Å². The lowest BCUT2D eigenvalue weighted by Crippen LogP contribution is -2.46. The normalized spacial score (nSPS) is 17.3. The number of carbonyl (C=O) groups excluding carboxylic acids is 2. The van der Waals surface area contributed by atoms with Gasteiger partial charge in [0, 0.05) is 20.9 Å². The highest BCUT2D eigenvalue weighted by atomic mass is 32.2. The van der Waals surface area contributed by atoms with Crippen LogP contribution in [0.1, 0.15) is 16.5 Å². The Morgan fingerprint density at radius 2 is 1.41 bits per heavy atom. The number of phenolic OH excluding ortho intramolecular Hbond substituents is 2. The van der Waals surface area contributed by atoms with E-state index in [0.29, 0.717) is 16.0 Å². The first-order chi connectivity index (χ1) is 19.0. The Labute approximate surface area is 233 Å². The second kappa shape index (κ2) is 10.5. The quantitative estimate of drug-likeness (QED) is 0.259. The molecule has 0 spiro atoms. The van der Waals surface area contributed by atoms with Crippen molar-refractivity contribution in [1.82, 2.24) is 10.4 Å². The van der Waals surface area contributed by atoms with Crippen molar-refractivity contribution >= 4 is 52.8 Å². The van der Waals surface area contributed by atoms with Gasteiger partial charge in [-0.3, -0.25) is 19.5 Å². The predicted molar refractivity (Wildman–Crippen MR) is 154 cm³/mol. The van der Waals surface area contributed by atoms with Crippen molar-refractivity contribution in [3.63, 3.8) is 0 Å². The zero-order chi connectivity index (χ0) is 26.9. The molecule has 2 aliphatic heterocycles. The van der Waals surface area contributed by atoms with Gasteiger partial charge < -0.3 is 10.2 Å². The van der Waals surface area contributed by atoms with Crippen molar-refractivity contribution in [2.75, 3.05) is 11.4 Å². The number of aromatic hydroxyl groups is 2. The summed E-state index contributed by atoms with van der Waals surface area (Å²) in [6, 6.07) is 29.0. The summed E-state index contributed by atoms with van der Waals surface area (Å²) in [5.41, 5.74) is 5.65. The Hall–Kier alpha value is -4.18. The lowest BCUT2D eigenvalue weighted by Gasteiger charge is -2.32. The first-order valence-electron chi connectivity index (χ1n) is 12.2. The van der Waals surface area contributed by atoms with Crippen LogP contribution < -0.4 is 10.3 Å². The molecule has 0 saturated carbocycles. The van der Waals surface area contributed by atoms with E-state index in [1.165, 1.54) is 16.8 Å². The lowest BCUT2D eigenvalue weighted by molar-refractivity contribution is -0.130. The Balaban J connectivity index is 1.31. The van der Waals surface area contributed by atoms with E-state index >= 15 is 0 Å². The molecule has 0 aromatic heterocycles. The maximum absolute atomic E-state index is 13.7. The highest BCUT2D eigenvalue weighted by Crippen LogP contribution is 2.49. The van der Waals surface area contributed by atoms with Crippen LogP contribution >= 0.6 is 23.5 Å². The molecule has 7 nitrogen and oxygen atoms in total. The summed E-state index contributed by atoms with van der Waals surface area (Å²) in [7, 11) is 0. The van der Waals surface area contributed by atoms with E-state index in [4.69, 9.17) is 0 Å². The molecular formula is C30H23N3O4S2. The summed E-state index contributed by atoms with van der Waals surface area (Å²) in [6.45, 7) is -0.159. The van der Waals surface area contributed by atoms with Gasteiger partial charge in [0.05, 0.1) is 22.8 Å². The van der Waals surface area contributed by atoms with E-state index in [9.17, 15) is 19.8 Å². The van der Waals surface area contributed by atoms with Crippen LogP contribution in [-0.4, -0.2) is 33.6 Å². The van der Waals surface area contributed by atoms with Crippen molar-refractivity contribution in [1.29, 1.82) is 0 Å². The van der Waals surface area contributed by atoms with Gasteiger partial charge in [0.15, 0.2) is 0 Å². The molecule has 9 heteroatoms. The number of amides is 2. The zero-order valence-electron chi connectivity index (χ0n) is 20.5. The average Bonchev–Trinajstić information content (AvgIpc) is 3.26. The van der Waals surface area contributed by atoms with Crippen LogP contribution in [0.3, 0.4) is 0 Å². The molecule has 2 aliphatic rings. The summed E-state index contributed by atoms with van der Waals surface area (Å²) in [4.78, 5) is 31.3. The van der Waals surface area contributed by atoms with Crippen molar-refractivity contribution in [2.45, 2.75) is 15.2 Å². The Kier molecular flexibility index (Phi) is 6.78. The molecule has 0 aliphatic carbocycles. The molecule has 0 radical (unpaired) electrons. The molecule has 39 heavy (non-hydrogen) atoms. The van der Waals surface area contributed by atoms with Gasteiger partial charge in [-0.2, -0.15) is 0 Å². The summed E-state index contributed by atoms with van der Waals surface area (Å²) >= 11 is 2.85. The molecule has 0 bridgehead atoms. The van der Waals surface area contributed by atoms with E-state index in [-0.39, 0.29) is 29.9 Å². The number of rotatable bonds is 5. The van der Waals surface area contributed by atoms with E-state index in [1.807, 2.05) is 48.5 Å². The third-order valence-corrected chi connectivity index (χ3v) is 8.78. The van der Waals surface area contributed by atoms with Crippen LogP contribution in [0, 0.1) is 0 Å². The molecule has 1 saturated heterocycles. The van der Waals surface area contributed by atoms with Crippen molar-refractivity contribution in [2.24, 2.45) is 0 Å². The fraction of sp³-hybridized carbons (Fsp3) is 0.0667. The topological polar surface area (TPSA) is 93.1 Å². The van der Waals surface area contributed by atoms with Gasteiger partial charge in [-0.05, 0) is 42.5 Å². The fourth-order valence-corrected chi connectivity index (χ4v) is 6.85. The number of para-hydroxylation sites is 4. The highest BCUT2D eigenvalue weighted by molar-refractivity contribution is 8.04. The Morgan fingerprint density at radius 3 is 2.08 bits per heavy atom. The Bertz CT molecular complexity index is 1580. The number of hydrogen-bond donors (Lipinski definition) is 3. The van der Waals surface area contributed by atoms with Gasteiger partial charge in [-0.15, -0.1) is 0 Å². The largest absolute Gasteiger partial charge is 0.508 e. The number of anilines is 2. The molecule has 1 fully saturated rings. The maximum Gasteiger partial charge on any atom is 0.275 e. The van der Waals surface area contributed by atoms with Crippen LogP contribution in [0.4, 0.5) is 11.4 Å². The van der Waals surface area contributed by atoms with E-state index in [1.54, 1.807) is 71.3 Å². The standard InChI is InChI=1S/C30H23N3O4S2/c34-23-13-5-1-9-19(23)17-27-29(37)33(30(39-27)20-10-2-6-14-24(20)35)31-18-28(36)32-21-11-3-7-15-25(21)38-26-16-8-4-12-22(26)32/h1-17,30-31,34-35H,18H2/b27-17-. The minimum atomic E-state index is -0.625. The van der Waals surface area contributed by atoms with Gasteiger partial charge in [0.25, 0.3) is 5.91 Å². The van der Waals surface area contributed by atoms with Crippen LogP contribution in [0.2, 0.25) is 0 Å². The number of fused-ring (bicyclic) bond motifs is 2. The van der Waals surface area contributed by atoms with Gasteiger partial charge in [-0.1, -0.05) is 84.2 Å². The average molecular weight is 554 g/mol. The molecule has 3 N–H and O–H groups in total. The molecule has 6 rings (SSSR count). The van der Waals surface area contributed by atoms with Gasteiger partial charge >= 0.3 is 0 Å². The molecule has 2 amide bonds. The first-order valence-corrected chi connectivity index (χ1v) is 13.9. The third kappa shape index (κ3) is 4.76. The number of hydrogen-bond acceptors (Lipinski definition) is 7. The van der Waals surface area contributed by atoms with E-state index in [2.05, 4.69) is 5.43 Å². The SMILES string of the molecule is O=C(CNN1C(=O)/C(=C/c2ccccc2O)SC1c1ccccc1O)N1c2ccccc2Sc2ccccc21.